The lowest BCUT2D eigenvalue weighted by Crippen LogP contribution is -2.27. The Morgan fingerprint density at radius 2 is 2.00 bits per heavy atom. The van der Waals surface area contributed by atoms with Gasteiger partial charge in [0, 0.05) is 0 Å². The zero-order chi connectivity index (χ0) is 9.68. The summed E-state index contributed by atoms with van der Waals surface area (Å²) in [4.78, 5) is 10.7. The minimum atomic E-state index is -0.441. The maximum atomic E-state index is 10.7. The minimum absolute atomic E-state index is 0.240. The van der Waals surface area contributed by atoms with Gasteiger partial charge < -0.3 is 5.73 Å². The van der Waals surface area contributed by atoms with Gasteiger partial charge in [0.25, 0.3) is 0 Å². The topological polar surface area (TPSA) is 43.1 Å². The van der Waals surface area contributed by atoms with Crippen LogP contribution in [0.15, 0.2) is 30.3 Å². The molecule has 2 nitrogen and oxygen atoms in total. The van der Waals surface area contributed by atoms with Gasteiger partial charge in [0.2, 0.25) is 5.12 Å². The van der Waals surface area contributed by atoms with Crippen molar-refractivity contribution in [3.63, 3.8) is 0 Å². The van der Waals surface area contributed by atoms with E-state index in [0.29, 0.717) is 6.42 Å². The van der Waals surface area contributed by atoms with Crippen LogP contribution in [-0.2, 0) is 11.2 Å². The number of aryl methyl sites for hydroxylation is 1. The van der Waals surface area contributed by atoms with Crippen LogP contribution < -0.4 is 5.73 Å². The molecule has 0 radical (unpaired) electrons. The Balaban J connectivity index is 2.39. The monoisotopic (exact) mass is 195 g/mol. The number of benzene rings is 1. The molecule has 1 aromatic carbocycles. The molecule has 0 spiro atoms. The van der Waals surface area contributed by atoms with Crippen molar-refractivity contribution in [3.8, 4) is 0 Å². The third-order valence-corrected chi connectivity index (χ3v) is 2.24. The van der Waals surface area contributed by atoms with Gasteiger partial charge in [-0.2, -0.15) is 0 Å². The Labute approximate surface area is 83.5 Å². The molecule has 13 heavy (non-hydrogen) atoms. The maximum Gasteiger partial charge on any atom is 0.202 e. The molecule has 0 aliphatic carbocycles. The number of rotatable bonds is 4. The van der Waals surface area contributed by atoms with Gasteiger partial charge in [-0.3, -0.25) is 4.79 Å². The van der Waals surface area contributed by atoms with E-state index in [-0.39, 0.29) is 5.12 Å². The molecule has 70 valence electrons. The second-order valence-corrected chi connectivity index (χ2v) is 3.41. The molecule has 0 aromatic heterocycles. The van der Waals surface area contributed by atoms with Gasteiger partial charge in [-0.25, -0.2) is 0 Å². The van der Waals surface area contributed by atoms with E-state index >= 15 is 0 Å². The average Bonchev–Trinajstić information content (AvgIpc) is 2.15. The van der Waals surface area contributed by atoms with E-state index in [0.717, 1.165) is 6.42 Å². The molecule has 0 amide bonds. The van der Waals surface area contributed by atoms with Crippen LogP contribution >= 0.6 is 12.6 Å². The fraction of sp³-hybridized carbons (Fsp3) is 0.300. The SMILES string of the molecule is N[C@@H](CCc1ccccc1)C(=O)S. The average molecular weight is 195 g/mol. The fourth-order valence-electron chi connectivity index (χ4n) is 1.09. The highest BCUT2D eigenvalue weighted by atomic mass is 32.1. The summed E-state index contributed by atoms with van der Waals surface area (Å²) in [7, 11) is 0. The lowest BCUT2D eigenvalue weighted by molar-refractivity contribution is -0.112. The molecule has 0 saturated carbocycles. The van der Waals surface area contributed by atoms with Gasteiger partial charge in [0.15, 0.2) is 0 Å². The van der Waals surface area contributed by atoms with Crippen LogP contribution in [0.3, 0.4) is 0 Å². The first-order chi connectivity index (χ1) is 6.20. The first-order valence-corrected chi connectivity index (χ1v) is 4.67. The van der Waals surface area contributed by atoms with Crippen molar-refractivity contribution >= 4 is 17.7 Å². The van der Waals surface area contributed by atoms with Crippen molar-refractivity contribution in [1.29, 1.82) is 0 Å². The van der Waals surface area contributed by atoms with Crippen LogP contribution in [0.1, 0.15) is 12.0 Å². The van der Waals surface area contributed by atoms with Gasteiger partial charge in [0.05, 0.1) is 6.04 Å². The molecular formula is C10H13NOS. The van der Waals surface area contributed by atoms with Gasteiger partial charge in [-0.1, -0.05) is 30.3 Å². The van der Waals surface area contributed by atoms with Crippen molar-refractivity contribution in [2.45, 2.75) is 18.9 Å². The zero-order valence-corrected chi connectivity index (χ0v) is 8.21. The largest absolute Gasteiger partial charge is 0.321 e. The molecule has 0 fully saturated rings. The van der Waals surface area contributed by atoms with E-state index in [1.807, 2.05) is 30.3 Å². The summed E-state index contributed by atoms with van der Waals surface area (Å²) in [6.45, 7) is 0. The van der Waals surface area contributed by atoms with Crippen molar-refractivity contribution < 1.29 is 4.79 Å². The molecule has 0 saturated heterocycles. The van der Waals surface area contributed by atoms with Gasteiger partial charge in [-0.05, 0) is 18.4 Å². The van der Waals surface area contributed by atoms with E-state index in [2.05, 4.69) is 12.6 Å². The van der Waals surface area contributed by atoms with Crippen molar-refractivity contribution in [2.75, 3.05) is 0 Å². The van der Waals surface area contributed by atoms with E-state index in [4.69, 9.17) is 5.73 Å². The number of hydrogen-bond donors (Lipinski definition) is 2. The molecule has 0 aliphatic heterocycles. The van der Waals surface area contributed by atoms with Gasteiger partial charge in [-0.15, -0.1) is 12.6 Å². The van der Waals surface area contributed by atoms with E-state index in [1.165, 1.54) is 5.56 Å². The Kier molecular flexibility index (Phi) is 3.99. The minimum Gasteiger partial charge on any atom is -0.321 e. The van der Waals surface area contributed by atoms with Crippen molar-refractivity contribution in [2.24, 2.45) is 5.73 Å². The predicted molar refractivity (Wildman–Crippen MR) is 56.7 cm³/mol. The number of hydrogen-bond acceptors (Lipinski definition) is 2. The number of carbonyl (C=O) groups is 1. The molecule has 2 N–H and O–H groups in total. The summed E-state index contributed by atoms with van der Waals surface area (Å²) < 4.78 is 0. The molecular weight excluding hydrogens is 182 g/mol. The first-order valence-electron chi connectivity index (χ1n) is 4.22. The third-order valence-electron chi connectivity index (χ3n) is 1.90. The van der Waals surface area contributed by atoms with Crippen LogP contribution in [0.4, 0.5) is 0 Å². The molecule has 1 rings (SSSR count). The molecule has 1 aromatic rings. The molecule has 1 atom stereocenters. The Morgan fingerprint density at radius 3 is 2.54 bits per heavy atom. The number of thiol groups is 1. The lowest BCUT2D eigenvalue weighted by atomic mass is 10.1. The van der Waals surface area contributed by atoms with E-state index in [1.54, 1.807) is 0 Å². The summed E-state index contributed by atoms with van der Waals surface area (Å²) in [5.41, 5.74) is 6.74. The van der Waals surface area contributed by atoms with Crippen LogP contribution in [0, 0.1) is 0 Å². The first kappa shape index (κ1) is 10.3. The lowest BCUT2D eigenvalue weighted by Gasteiger charge is -2.05. The number of carbonyl (C=O) groups excluding carboxylic acids is 1. The molecule has 3 heteroatoms. The van der Waals surface area contributed by atoms with Crippen LogP contribution in [0.2, 0.25) is 0 Å². The van der Waals surface area contributed by atoms with E-state index in [9.17, 15) is 4.79 Å². The predicted octanol–water partition coefficient (Wildman–Crippen LogP) is 1.40. The highest BCUT2D eigenvalue weighted by molar-refractivity contribution is 7.96. The second kappa shape index (κ2) is 5.04. The molecule has 0 aliphatic rings. The normalized spacial score (nSPS) is 12.5. The molecule has 0 bridgehead atoms. The standard InChI is InChI=1S/C10H13NOS/c11-9(10(12)13)7-6-8-4-2-1-3-5-8/h1-5,9H,6-7,11H2,(H,12,13)/t9-/m0/s1. The molecule has 0 unspecified atom stereocenters. The van der Waals surface area contributed by atoms with Crippen LogP contribution in [-0.4, -0.2) is 11.2 Å². The summed E-state index contributed by atoms with van der Waals surface area (Å²) in [5.74, 6) is 0. The highest BCUT2D eigenvalue weighted by Crippen LogP contribution is 2.04. The van der Waals surface area contributed by atoms with Gasteiger partial charge in [0.1, 0.15) is 0 Å². The number of nitrogens with two attached hydrogens (primary N) is 1. The van der Waals surface area contributed by atoms with Crippen LogP contribution in [0.25, 0.3) is 0 Å². The third kappa shape index (κ3) is 3.61. The smallest absolute Gasteiger partial charge is 0.202 e. The Hall–Kier alpha value is -0.800. The summed E-state index contributed by atoms with van der Waals surface area (Å²) in [5, 5.41) is -0.240. The van der Waals surface area contributed by atoms with Crippen molar-refractivity contribution in [3.05, 3.63) is 35.9 Å². The summed E-state index contributed by atoms with van der Waals surface area (Å²) >= 11 is 3.68. The second-order valence-electron chi connectivity index (χ2n) is 2.97. The quantitative estimate of drug-likeness (QED) is 0.713. The molecule has 0 heterocycles. The van der Waals surface area contributed by atoms with Crippen LogP contribution in [0.5, 0.6) is 0 Å². The van der Waals surface area contributed by atoms with E-state index < -0.39 is 6.04 Å². The van der Waals surface area contributed by atoms with Gasteiger partial charge >= 0.3 is 0 Å². The zero-order valence-electron chi connectivity index (χ0n) is 7.31. The Bertz CT molecular complexity index is 274. The summed E-state index contributed by atoms with van der Waals surface area (Å²) in [6, 6.07) is 9.52. The Morgan fingerprint density at radius 1 is 1.38 bits per heavy atom. The van der Waals surface area contributed by atoms with Crippen molar-refractivity contribution in [1.82, 2.24) is 0 Å². The highest BCUT2D eigenvalue weighted by Gasteiger charge is 2.08. The fourth-order valence-corrected chi connectivity index (χ4v) is 1.22. The maximum absolute atomic E-state index is 10.7. The summed E-state index contributed by atoms with van der Waals surface area (Å²) in [6.07, 6.45) is 1.49.